The maximum atomic E-state index is 13.5. The Kier molecular flexibility index (Phi) is 9.22. The molecular weight excluding hydrogens is 578 g/mol. The third-order valence-electron chi connectivity index (χ3n) is 7.08. The van der Waals surface area contributed by atoms with Gasteiger partial charge >= 0.3 is 12.4 Å². The second kappa shape index (κ2) is 12.5. The van der Waals surface area contributed by atoms with E-state index in [1.165, 1.54) is 0 Å². The summed E-state index contributed by atoms with van der Waals surface area (Å²) in [4.78, 5) is 47.3. The Labute approximate surface area is 234 Å². The highest BCUT2D eigenvalue weighted by molar-refractivity contribution is 5.83. The fraction of sp³-hybridized carbons (Fsp3) is 0.583. The van der Waals surface area contributed by atoms with E-state index in [4.69, 9.17) is 10.5 Å². The lowest BCUT2D eigenvalue weighted by Crippen LogP contribution is -2.47. The molecule has 2 aromatic heterocycles. The van der Waals surface area contributed by atoms with Crippen LogP contribution in [-0.2, 0) is 26.7 Å². The van der Waals surface area contributed by atoms with Gasteiger partial charge in [0.25, 0.3) is 11.5 Å². The van der Waals surface area contributed by atoms with Gasteiger partial charge in [0, 0.05) is 50.9 Å². The number of ether oxygens (including phenoxy) is 1. The van der Waals surface area contributed by atoms with Gasteiger partial charge in [-0.3, -0.25) is 14.4 Å². The average molecular weight is 607 g/mol. The average Bonchev–Trinajstić information content (AvgIpc) is 3.29. The molecular formula is C24H28F6N8O4. The minimum Gasteiger partial charge on any atom is -0.378 e. The summed E-state index contributed by atoms with van der Waals surface area (Å²) in [6.45, 7) is 0.943. The molecule has 2 saturated heterocycles. The van der Waals surface area contributed by atoms with Gasteiger partial charge in [-0.1, -0.05) is 0 Å². The highest BCUT2D eigenvalue weighted by Crippen LogP contribution is 2.32. The van der Waals surface area contributed by atoms with Crippen LogP contribution in [0.1, 0.15) is 43.2 Å². The zero-order valence-electron chi connectivity index (χ0n) is 22.0. The number of piperidine rings is 1. The van der Waals surface area contributed by atoms with Crippen LogP contribution in [0.25, 0.3) is 0 Å². The Morgan fingerprint density at radius 3 is 2.31 bits per heavy atom. The smallest absolute Gasteiger partial charge is 0.378 e. The molecule has 2 amide bonds. The Morgan fingerprint density at radius 2 is 1.71 bits per heavy atom. The zero-order chi connectivity index (χ0) is 30.7. The van der Waals surface area contributed by atoms with Gasteiger partial charge in [0.05, 0.1) is 30.1 Å². The summed E-state index contributed by atoms with van der Waals surface area (Å²) >= 11 is 0. The number of aromatic amines is 1. The van der Waals surface area contributed by atoms with Gasteiger partial charge in [0.1, 0.15) is 11.7 Å². The number of hydrogen-bond acceptors (Lipinski definition) is 9. The van der Waals surface area contributed by atoms with E-state index in [1.807, 2.05) is 0 Å². The molecule has 4 N–H and O–H groups in total. The van der Waals surface area contributed by atoms with Crippen LogP contribution in [0.15, 0.2) is 23.4 Å². The van der Waals surface area contributed by atoms with E-state index in [2.05, 4.69) is 20.4 Å². The van der Waals surface area contributed by atoms with Gasteiger partial charge < -0.3 is 25.6 Å². The van der Waals surface area contributed by atoms with Crippen LogP contribution >= 0.6 is 0 Å². The number of halogens is 6. The summed E-state index contributed by atoms with van der Waals surface area (Å²) in [6, 6.07) is -1.06. The third kappa shape index (κ3) is 7.46. The molecule has 4 rings (SSSR count). The Morgan fingerprint density at radius 1 is 1.05 bits per heavy atom. The number of hydrogen-bond donors (Lipinski definition) is 3. The van der Waals surface area contributed by atoms with Crippen LogP contribution in [0.3, 0.4) is 0 Å². The number of nitrogens with two attached hydrogens (primary N) is 1. The van der Waals surface area contributed by atoms with E-state index >= 15 is 0 Å². The van der Waals surface area contributed by atoms with Crippen LogP contribution in [0.5, 0.6) is 0 Å². The largest absolute Gasteiger partial charge is 0.423 e. The number of primary amides is 1. The molecule has 0 spiro atoms. The number of anilines is 2. The van der Waals surface area contributed by atoms with Crippen molar-refractivity contribution in [2.24, 2.45) is 5.73 Å². The highest BCUT2D eigenvalue weighted by Gasteiger charge is 2.40. The van der Waals surface area contributed by atoms with Crippen molar-refractivity contribution < 1.29 is 40.7 Å². The highest BCUT2D eigenvalue weighted by atomic mass is 19.4. The van der Waals surface area contributed by atoms with E-state index in [0.717, 1.165) is 18.6 Å². The Hall–Kier alpha value is -3.96. The molecule has 230 valence electrons. The van der Waals surface area contributed by atoms with Crippen molar-refractivity contribution in [1.29, 1.82) is 0 Å². The van der Waals surface area contributed by atoms with Crippen molar-refractivity contribution in [2.75, 3.05) is 36.5 Å². The molecule has 0 aromatic carbocycles. The molecule has 2 aliphatic heterocycles. The molecule has 0 unspecified atom stereocenters. The minimum atomic E-state index is -4.98. The molecule has 0 radical (unpaired) electrons. The summed E-state index contributed by atoms with van der Waals surface area (Å²) in [6.07, 6.45) is -7.02. The topological polar surface area (TPSA) is 159 Å². The molecule has 2 atom stereocenters. The predicted octanol–water partition coefficient (Wildman–Crippen LogP) is 1.93. The van der Waals surface area contributed by atoms with Gasteiger partial charge in [-0.05, 0) is 19.3 Å². The summed E-state index contributed by atoms with van der Waals surface area (Å²) in [7, 11) is 0. The maximum absolute atomic E-state index is 13.5. The van der Waals surface area contributed by atoms with Crippen LogP contribution in [0.4, 0.5) is 38.0 Å². The van der Waals surface area contributed by atoms with Crippen molar-refractivity contribution in [3.63, 3.8) is 0 Å². The van der Waals surface area contributed by atoms with Crippen molar-refractivity contribution in [1.82, 2.24) is 25.1 Å². The number of alkyl halides is 6. The van der Waals surface area contributed by atoms with Gasteiger partial charge in [-0.15, -0.1) is 0 Å². The molecule has 0 bridgehead atoms. The number of carbonyl (C=O) groups is 2. The first kappa shape index (κ1) is 31.0. The van der Waals surface area contributed by atoms with Crippen molar-refractivity contribution >= 4 is 23.5 Å². The maximum Gasteiger partial charge on any atom is 0.423 e. The van der Waals surface area contributed by atoms with Crippen molar-refractivity contribution in [3.8, 4) is 0 Å². The first-order valence-electron chi connectivity index (χ1n) is 13.0. The first-order chi connectivity index (χ1) is 19.7. The number of likely N-dealkylation sites (tertiary alicyclic amines) is 1. The molecule has 42 heavy (non-hydrogen) atoms. The van der Waals surface area contributed by atoms with Crippen LogP contribution in [0.2, 0.25) is 0 Å². The summed E-state index contributed by atoms with van der Waals surface area (Å²) in [5, 5.41) is 7.70. The van der Waals surface area contributed by atoms with E-state index < -0.39 is 52.8 Å². The van der Waals surface area contributed by atoms with Crippen LogP contribution < -0.4 is 21.5 Å². The van der Waals surface area contributed by atoms with E-state index in [9.17, 15) is 40.7 Å². The summed E-state index contributed by atoms with van der Waals surface area (Å²) in [5.41, 5.74) is 0.713. The lowest BCUT2D eigenvalue weighted by molar-refractivity contribution is -0.140. The number of nitrogens with zero attached hydrogens (tertiary/aromatic N) is 5. The van der Waals surface area contributed by atoms with Gasteiger partial charge in [0.15, 0.2) is 0 Å². The molecule has 0 saturated carbocycles. The number of carbonyl (C=O) groups excluding carboxylic acids is 2. The van der Waals surface area contributed by atoms with Gasteiger partial charge in [0.2, 0.25) is 11.9 Å². The van der Waals surface area contributed by atoms with Crippen molar-refractivity contribution in [3.05, 3.63) is 40.1 Å². The number of rotatable bonds is 10. The summed E-state index contributed by atoms with van der Waals surface area (Å²) < 4.78 is 84.5. The fourth-order valence-corrected chi connectivity index (χ4v) is 4.96. The predicted molar refractivity (Wildman–Crippen MR) is 134 cm³/mol. The molecule has 2 aromatic rings. The fourth-order valence-electron chi connectivity index (χ4n) is 4.96. The second-order valence-electron chi connectivity index (χ2n) is 9.96. The standard InChI is InChI=1S/C24H28F6N8O4/c25-23(26,27)13-9-32-22(33-10-13)37-6-3-15(4-7-37)38-8-5-17(21(38)41)42-12-14(1-2-18(31)39)35-16-11-34-36-20(40)19(16)24(28,29)30/h9-11,14-15,17H,1-8,12H2,(H2,31,39)(H2,35,36,40)/t14-,17+/m0/s1. The molecule has 2 fully saturated rings. The lowest BCUT2D eigenvalue weighted by Gasteiger charge is -2.36. The normalized spacial score (nSPS) is 19.3. The van der Waals surface area contributed by atoms with Crippen LogP contribution in [0, 0.1) is 0 Å². The van der Waals surface area contributed by atoms with Gasteiger partial charge in [-0.2, -0.15) is 31.4 Å². The van der Waals surface area contributed by atoms with Gasteiger partial charge in [-0.25, -0.2) is 15.1 Å². The molecule has 18 heteroatoms. The van der Waals surface area contributed by atoms with Crippen LogP contribution in [-0.4, -0.2) is 81.3 Å². The third-order valence-corrected chi connectivity index (χ3v) is 7.08. The van der Waals surface area contributed by atoms with E-state index in [0.29, 0.717) is 38.9 Å². The minimum absolute atomic E-state index is 0.0332. The quantitative estimate of drug-likeness (QED) is 0.344. The lowest BCUT2D eigenvalue weighted by atomic mass is 10.0. The molecule has 4 heterocycles. The molecule has 0 aliphatic carbocycles. The van der Waals surface area contributed by atoms with E-state index in [-0.39, 0.29) is 37.3 Å². The SMILES string of the molecule is NC(=O)CC[C@@H](CO[C@@H]1CCN(C2CCN(c3ncc(C(F)(F)F)cn3)CC2)C1=O)Nc1cn[nH]c(=O)c1C(F)(F)F. The Balaban J connectivity index is 1.34. The summed E-state index contributed by atoms with van der Waals surface area (Å²) in [5.74, 6) is -0.839. The van der Waals surface area contributed by atoms with E-state index in [1.54, 1.807) is 14.9 Å². The van der Waals surface area contributed by atoms with Crippen molar-refractivity contribution in [2.45, 2.75) is 62.6 Å². The molecule has 12 nitrogen and oxygen atoms in total. The Bertz CT molecular complexity index is 1310. The number of nitrogens with one attached hydrogen (secondary N) is 2. The monoisotopic (exact) mass is 606 g/mol. The molecule has 2 aliphatic rings. The zero-order valence-corrected chi connectivity index (χ0v) is 22.0. The first-order valence-corrected chi connectivity index (χ1v) is 13.0. The number of H-pyrrole nitrogens is 1. The second-order valence-corrected chi connectivity index (χ2v) is 9.96. The number of aromatic nitrogens is 4. The number of amides is 2.